The molecular formula is C28H27BrN4OS. The molecule has 1 aromatic heterocycles. The van der Waals surface area contributed by atoms with Crippen LogP contribution in [-0.2, 0) is 0 Å². The standard InChI is InChI=1S/C28H27BrN4OS/c1-20-30-13-12-27(31-20)21-4-6-22(7-5-21)28(34)32-14-16-33(17-15-32)35(2,3)26-11-9-23-18-25(29)10-8-24(23)19-26/h4-13,18-19H,2-3,14-17H2,1H3. The molecule has 1 fully saturated rings. The molecule has 0 aliphatic carbocycles. The van der Waals surface area contributed by atoms with Crippen LogP contribution in [0.2, 0.25) is 0 Å². The third-order valence-electron chi connectivity index (χ3n) is 6.44. The van der Waals surface area contributed by atoms with Crippen molar-refractivity contribution in [1.82, 2.24) is 19.2 Å². The van der Waals surface area contributed by atoms with Gasteiger partial charge in [0.2, 0.25) is 0 Å². The Morgan fingerprint density at radius 3 is 2.31 bits per heavy atom. The van der Waals surface area contributed by atoms with Crippen LogP contribution in [0.4, 0.5) is 0 Å². The molecule has 2 heterocycles. The van der Waals surface area contributed by atoms with Crippen LogP contribution in [0.3, 0.4) is 0 Å². The van der Waals surface area contributed by atoms with Crippen molar-refractivity contribution in [2.75, 3.05) is 26.2 Å². The predicted molar refractivity (Wildman–Crippen MR) is 151 cm³/mol. The van der Waals surface area contributed by atoms with Crippen LogP contribution < -0.4 is 0 Å². The highest BCUT2D eigenvalue weighted by Crippen LogP contribution is 2.38. The van der Waals surface area contributed by atoms with Gasteiger partial charge < -0.3 is 4.90 Å². The molecule has 0 radical (unpaired) electrons. The number of piperazine rings is 1. The molecule has 1 amide bonds. The summed E-state index contributed by atoms with van der Waals surface area (Å²) in [5.41, 5.74) is 2.52. The zero-order chi connectivity index (χ0) is 24.6. The number of fused-ring (bicyclic) bond motifs is 1. The van der Waals surface area contributed by atoms with Crippen molar-refractivity contribution in [3.05, 3.63) is 88.8 Å². The number of aryl methyl sites for hydroxylation is 1. The number of hydrogen-bond donors (Lipinski definition) is 0. The van der Waals surface area contributed by atoms with Gasteiger partial charge in [-0.05, 0) is 60.2 Å². The predicted octanol–water partition coefficient (Wildman–Crippen LogP) is 5.77. The number of carbonyl (C=O) groups is 1. The molecule has 0 bridgehead atoms. The van der Waals surface area contributed by atoms with Gasteiger partial charge in [0.25, 0.3) is 5.91 Å². The summed E-state index contributed by atoms with van der Waals surface area (Å²) in [7, 11) is -1.65. The molecule has 4 aromatic rings. The summed E-state index contributed by atoms with van der Waals surface area (Å²) in [4.78, 5) is 24.8. The molecule has 5 rings (SSSR count). The van der Waals surface area contributed by atoms with Gasteiger partial charge in [0.05, 0.1) is 5.69 Å². The van der Waals surface area contributed by atoms with Crippen LogP contribution in [0.15, 0.2) is 82.3 Å². The summed E-state index contributed by atoms with van der Waals surface area (Å²) in [6.07, 6.45) is 1.75. The molecule has 3 aromatic carbocycles. The van der Waals surface area contributed by atoms with Gasteiger partial charge in [-0.15, -0.1) is 9.39 Å². The SMILES string of the molecule is C=S(=C)(c1ccc2cc(Br)ccc2c1)N1CCN(C(=O)c2ccc(-c3ccnc(C)n3)cc2)CC1. The van der Waals surface area contributed by atoms with Crippen LogP contribution >= 0.6 is 25.3 Å². The maximum absolute atomic E-state index is 13.2. The van der Waals surface area contributed by atoms with E-state index in [9.17, 15) is 4.79 Å². The van der Waals surface area contributed by atoms with Crippen LogP contribution in [-0.4, -0.2) is 63.0 Å². The number of benzene rings is 3. The lowest BCUT2D eigenvalue weighted by atomic mass is 10.1. The first-order chi connectivity index (χ1) is 16.8. The Kier molecular flexibility index (Phi) is 6.49. The number of halogens is 1. The Balaban J connectivity index is 1.26. The van der Waals surface area contributed by atoms with Crippen LogP contribution in [0.5, 0.6) is 0 Å². The van der Waals surface area contributed by atoms with Crippen molar-refractivity contribution in [2.45, 2.75) is 11.8 Å². The van der Waals surface area contributed by atoms with E-state index in [1.165, 1.54) is 10.8 Å². The lowest BCUT2D eigenvalue weighted by Crippen LogP contribution is -2.47. The van der Waals surface area contributed by atoms with Gasteiger partial charge >= 0.3 is 0 Å². The molecule has 1 aliphatic rings. The normalized spacial score (nSPS) is 14.9. The van der Waals surface area contributed by atoms with Gasteiger partial charge in [-0.2, -0.15) is 0 Å². The molecule has 7 heteroatoms. The van der Waals surface area contributed by atoms with Crippen molar-refractivity contribution in [3.8, 4) is 11.3 Å². The van der Waals surface area contributed by atoms with Crippen LogP contribution in [0, 0.1) is 6.92 Å². The fourth-order valence-corrected chi connectivity index (χ4v) is 6.61. The van der Waals surface area contributed by atoms with Gasteiger partial charge in [0.15, 0.2) is 0 Å². The fourth-order valence-electron chi connectivity index (χ4n) is 4.40. The Morgan fingerprint density at radius 2 is 1.60 bits per heavy atom. The molecule has 0 spiro atoms. The van der Waals surface area contributed by atoms with Crippen molar-refractivity contribution in [2.24, 2.45) is 0 Å². The van der Waals surface area contributed by atoms with E-state index in [1.54, 1.807) is 6.20 Å². The van der Waals surface area contributed by atoms with Crippen LogP contribution in [0.1, 0.15) is 16.2 Å². The summed E-state index contributed by atoms with van der Waals surface area (Å²) < 4.78 is 3.41. The third-order valence-corrected chi connectivity index (χ3v) is 9.41. The highest BCUT2D eigenvalue weighted by Gasteiger charge is 2.25. The fraction of sp³-hybridized carbons (Fsp3) is 0.179. The number of amides is 1. The van der Waals surface area contributed by atoms with Gasteiger partial charge in [0, 0.05) is 52.9 Å². The average molecular weight is 548 g/mol. The van der Waals surface area contributed by atoms with E-state index in [2.05, 4.69) is 78.3 Å². The van der Waals surface area contributed by atoms with E-state index in [0.717, 1.165) is 39.5 Å². The van der Waals surface area contributed by atoms with Gasteiger partial charge in [-0.25, -0.2) is 9.97 Å². The molecule has 0 N–H and O–H groups in total. The van der Waals surface area contributed by atoms with Gasteiger partial charge in [-0.3, -0.25) is 9.10 Å². The zero-order valence-electron chi connectivity index (χ0n) is 19.7. The Bertz CT molecular complexity index is 1510. The highest BCUT2D eigenvalue weighted by atomic mass is 79.9. The lowest BCUT2D eigenvalue weighted by molar-refractivity contribution is 0.0703. The number of aromatic nitrogens is 2. The Hall–Kier alpha value is -3.00. The molecule has 0 unspecified atom stereocenters. The zero-order valence-corrected chi connectivity index (χ0v) is 22.1. The van der Waals surface area contributed by atoms with E-state index in [1.807, 2.05) is 42.2 Å². The first-order valence-electron chi connectivity index (χ1n) is 11.4. The summed E-state index contributed by atoms with van der Waals surface area (Å²) >= 11 is 3.54. The second-order valence-electron chi connectivity index (χ2n) is 8.78. The minimum Gasteiger partial charge on any atom is -0.336 e. The monoisotopic (exact) mass is 546 g/mol. The summed E-state index contributed by atoms with van der Waals surface area (Å²) in [6, 6.07) is 22.3. The molecule has 178 valence electrons. The molecule has 35 heavy (non-hydrogen) atoms. The van der Waals surface area contributed by atoms with E-state index in [0.29, 0.717) is 18.7 Å². The van der Waals surface area contributed by atoms with Crippen molar-refractivity contribution in [1.29, 1.82) is 0 Å². The maximum atomic E-state index is 13.2. The first kappa shape index (κ1) is 23.7. The number of nitrogens with zero attached hydrogens (tertiary/aromatic N) is 4. The van der Waals surface area contributed by atoms with Crippen molar-refractivity contribution in [3.63, 3.8) is 0 Å². The van der Waals surface area contributed by atoms with E-state index in [-0.39, 0.29) is 5.91 Å². The second kappa shape index (κ2) is 9.57. The molecule has 5 nitrogen and oxygen atoms in total. The highest BCUT2D eigenvalue weighted by molar-refractivity contribution is 9.10. The van der Waals surface area contributed by atoms with Crippen LogP contribution in [0.25, 0.3) is 22.0 Å². The number of rotatable bonds is 4. The summed E-state index contributed by atoms with van der Waals surface area (Å²) in [5, 5.41) is 2.37. The van der Waals surface area contributed by atoms with Gasteiger partial charge in [-0.1, -0.05) is 51.9 Å². The Labute approximate surface area is 215 Å². The van der Waals surface area contributed by atoms with E-state index in [4.69, 9.17) is 0 Å². The molecule has 0 atom stereocenters. The van der Waals surface area contributed by atoms with E-state index >= 15 is 0 Å². The summed E-state index contributed by atoms with van der Waals surface area (Å²) in [6.45, 7) is 4.70. The molecule has 1 aliphatic heterocycles. The van der Waals surface area contributed by atoms with Crippen molar-refractivity contribution < 1.29 is 4.79 Å². The van der Waals surface area contributed by atoms with Crippen molar-refractivity contribution >= 4 is 53.7 Å². The minimum absolute atomic E-state index is 0.0556. The minimum atomic E-state index is -1.65. The summed E-state index contributed by atoms with van der Waals surface area (Å²) in [5.74, 6) is 9.86. The quantitative estimate of drug-likeness (QED) is 0.305. The number of hydrogen-bond acceptors (Lipinski definition) is 4. The lowest BCUT2D eigenvalue weighted by Gasteiger charge is -2.39. The molecular weight excluding hydrogens is 520 g/mol. The topological polar surface area (TPSA) is 49.3 Å². The average Bonchev–Trinajstić information content (AvgIpc) is 2.88. The second-order valence-corrected chi connectivity index (χ2v) is 12.4. The smallest absolute Gasteiger partial charge is 0.253 e. The maximum Gasteiger partial charge on any atom is 0.253 e. The Morgan fingerprint density at radius 1 is 0.914 bits per heavy atom. The number of carbonyl (C=O) groups excluding carboxylic acids is 1. The molecule has 0 saturated carbocycles. The first-order valence-corrected chi connectivity index (χ1v) is 14.2. The van der Waals surface area contributed by atoms with Gasteiger partial charge in [0.1, 0.15) is 5.82 Å². The molecule has 1 saturated heterocycles. The van der Waals surface area contributed by atoms with E-state index < -0.39 is 9.39 Å². The third kappa shape index (κ3) is 4.89. The largest absolute Gasteiger partial charge is 0.336 e.